The fourth-order valence-corrected chi connectivity index (χ4v) is 1.72. The first-order valence-electron chi connectivity index (χ1n) is 4.51. The van der Waals surface area contributed by atoms with Gasteiger partial charge >= 0.3 is 0 Å². The van der Waals surface area contributed by atoms with Crippen LogP contribution >= 0.6 is 11.6 Å². The van der Waals surface area contributed by atoms with Crippen LogP contribution in [0.25, 0.3) is 0 Å². The Labute approximate surface area is 82.7 Å². The third-order valence-corrected chi connectivity index (χ3v) is 2.63. The van der Waals surface area contributed by atoms with Gasteiger partial charge in [0.1, 0.15) is 0 Å². The van der Waals surface area contributed by atoms with E-state index >= 15 is 0 Å². The highest BCUT2D eigenvalue weighted by Gasteiger charge is 2.12. The second kappa shape index (κ2) is 4.13. The van der Waals surface area contributed by atoms with Crippen LogP contribution in [0.15, 0.2) is 16.7 Å². The highest BCUT2D eigenvalue weighted by atomic mass is 35.5. The number of nitrogens with zero attached hydrogens (tertiary/aromatic N) is 1. The van der Waals surface area contributed by atoms with E-state index in [0.717, 1.165) is 38.3 Å². The van der Waals surface area contributed by atoms with Gasteiger partial charge in [-0.3, -0.25) is 4.90 Å². The average Bonchev–Trinajstić information content (AvgIpc) is 2.54. The standard InChI is InChI=1S/C9H13ClN2O/c10-9-8(1-6-13-9)7-12-4-2-11-3-5-12/h1,6,11H,2-5,7H2. The molecule has 0 atom stereocenters. The van der Waals surface area contributed by atoms with E-state index in [0.29, 0.717) is 5.22 Å². The lowest BCUT2D eigenvalue weighted by Crippen LogP contribution is -2.42. The summed E-state index contributed by atoms with van der Waals surface area (Å²) in [6, 6.07) is 1.93. The van der Waals surface area contributed by atoms with Gasteiger partial charge in [-0.05, 0) is 17.7 Å². The molecule has 1 saturated heterocycles. The van der Waals surface area contributed by atoms with Crippen molar-refractivity contribution in [1.29, 1.82) is 0 Å². The van der Waals surface area contributed by atoms with Gasteiger partial charge in [0.05, 0.1) is 6.26 Å². The molecule has 3 nitrogen and oxygen atoms in total. The van der Waals surface area contributed by atoms with Gasteiger partial charge in [-0.25, -0.2) is 0 Å². The predicted molar refractivity (Wildman–Crippen MR) is 51.9 cm³/mol. The zero-order valence-corrected chi connectivity index (χ0v) is 8.18. The quantitative estimate of drug-likeness (QED) is 0.781. The summed E-state index contributed by atoms with van der Waals surface area (Å²) < 4.78 is 5.03. The number of piperazine rings is 1. The molecule has 13 heavy (non-hydrogen) atoms. The number of hydrogen-bond donors (Lipinski definition) is 1. The molecule has 0 unspecified atom stereocenters. The minimum Gasteiger partial charge on any atom is -0.453 e. The smallest absolute Gasteiger partial charge is 0.197 e. The van der Waals surface area contributed by atoms with E-state index in [2.05, 4.69) is 10.2 Å². The molecule has 1 aliphatic heterocycles. The average molecular weight is 201 g/mol. The summed E-state index contributed by atoms with van der Waals surface area (Å²) in [5, 5.41) is 3.84. The molecule has 2 rings (SSSR count). The van der Waals surface area contributed by atoms with Gasteiger partial charge in [0.25, 0.3) is 0 Å². The number of hydrogen-bond acceptors (Lipinski definition) is 3. The van der Waals surface area contributed by atoms with Gasteiger partial charge in [-0.2, -0.15) is 0 Å². The topological polar surface area (TPSA) is 28.4 Å². The summed E-state index contributed by atoms with van der Waals surface area (Å²) >= 11 is 5.85. The summed E-state index contributed by atoms with van der Waals surface area (Å²) in [7, 11) is 0. The first-order valence-corrected chi connectivity index (χ1v) is 4.89. The predicted octanol–water partition coefficient (Wildman–Crippen LogP) is 1.34. The van der Waals surface area contributed by atoms with E-state index in [-0.39, 0.29) is 0 Å². The Morgan fingerprint density at radius 3 is 2.85 bits per heavy atom. The third kappa shape index (κ3) is 2.24. The van der Waals surface area contributed by atoms with Gasteiger partial charge in [0, 0.05) is 38.3 Å². The van der Waals surface area contributed by atoms with Crippen LogP contribution < -0.4 is 5.32 Å². The summed E-state index contributed by atoms with van der Waals surface area (Å²) in [4.78, 5) is 2.37. The number of halogens is 1. The van der Waals surface area contributed by atoms with Gasteiger partial charge in [0.2, 0.25) is 0 Å². The van der Waals surface area contributed by atoms with Crippen molar-refractivity contribution in [3.8, 4) is 0 Å². The molecule has 0 amide bonds. The Morgan fingerprint density at radius 2 is 2.23 bits per heavy atom. The highest BCUT2D eigenvalue weighted by Crippen LogP contribution is 2.18. The lowest BCUT2D eigenvalue weighted by atomic mass is 10.3. The van der Waals surface area contributed by atoms with Crippen molar-refractivity contribution in [2.24, 2.45) is 0 Å². The first kappa shape index (κ1) is 9.06. The zero-order chi connectivity index (χ0) is 9.10. The van der Waals surface area contributed by atoms with E-state index in [1.165, 1.54) is 0 Å². The van der Waals surface area contributed by atoms with E-state index in [1.807, 2.05) is 6.07 Å². The summed E-state index contributed by atoms with van der Waals surface area (Å²) in [5.41, 5.74) is 1.09. The fourth-order valence-electron chi connectivity index (χ4n) is 1.54. The molecule has 1 N–H and O–H groups in total. The Balaban J connectivity index is 1.93. The van der Waals surface area contributed by atoms with Crippen LogP contribution in [-0.4, -0.2) is 31.1 Å². The van der Waals surface area contributed by atoms with Gasteiger partial charge in [0.15, 0.2) is 5.22 Å². The van der Waals surface area contributed by atoms with Crippen LogP contribution in [0, 0.1) is 0 Å². The van der Waals surface area contributed by atoms with Crippen LogP contribution in [0.5, 0.6) is 0 Å². The zero-order valence-electron chi connectivity index (χ0n) is 7.42. The van der Waals surface area contributed by atoms with E-state index in [1.54, 1.807) is 6.26 Å². The Hall–Kier alpha value is -0.510. The monoisotopic (exact) mass is 200 g/mol. The van der Waals surface area contributed by atoms with Crippen molar-refractivity contribution < 1.29 is 4.42 Å². The molecule has 1 fully saturated rings. The lowest BCUT2D eigenvalue weighted by molar-refractivity contribution is 0.232. The molecule has 0 aliphatic carbocycles. The maximum Gasteiger partial charge on any atom is 0.197 e. The van der Waals surface area contributed by atoms with E-state index in [4.69, 9.17) is 16.0 Å². The van der Waals surface area contributed by atoms with E-state index < -0.39 is 0 Å². The summed E-state index contributed by atoms with van der Waals surface area (Å²) in [6.45, 7) is 5.20. The van der Waals surface area contributed by atoms with Crippen molar-refractivity contribution in [3.05, 3.63) is 23.1 Å². The molecule has 2 heterocycles. The van der Waals surface area contributed by atoms with Crippen molar-refractivity contribution in [3.63, 3.8) is 0 Å². The molecule has 72 valence electrons. The second-order valence-corrected chi connectivity index (χ2v) is 3.59. The summed E-state index contributed by atoms with van der Waals surface area (Å²) in [5.74, 6) is 0. The van der Waals surface area contributed by atoms with Crippen LogP contribution in [-0.2, 0) is 6.54 Å². The first-order chi connectivity index (χ1) is 6.36. The molecule has 0 saturated carbocycles. The van der Waals surface area contributed by atoms with Crippen LogP contribution in [0.3, 0.4) is 0 Å². The lowest BCUT2D eigenvalue weighted by Gasteiger charge is -2.26. The van der Waals surface area contributed by atoms with Crippen LogP contribution in [0.1, 0.15) is 5.56 Å². The van der Waals surface area contributed by atoms with Crippen molar-refractivity contribution in [2.75, 3.05) is 26.2 Å². The molecule has 0 spiro atoms. The molecule has 0 bridgehead atoms. The maximum atomic E-state index is 5.85. The van der Waals surface area contributed by atoms with Crippen LogP contribution in [0.2, 0.25) is 5.22 Å². The van der Waals surface area contributed by atoms with Crippen molar-refractivity contribution in [1.82, 2.24) is 10.2 Å². The molecular formula is C9H13ClN2O. The molecular weight excluding hydrogens is 188 g/mol. The third-order valence-electron chi connectivity index (χ3n) is 2.30. The number of rotatable bonds is 2. The molecule has 1 aromatic heterocycles. The van der Waals surface area contributed by atoms with Crippen LogP contribution in [0.4, 0.5) is 0 Å². The van der Waals surface area contributed by atoms with Crippen molar-refractivity contribution >= 4 is 11.6 Å². The van der Waals surface area contributed by atoms with Gasteiger partial charge in [-0.1, -0.05) is 0 Å². The van der Waals surface area contributed by atoms with Crippen molar-refractivity contribution in [2.45, 2.75) is 6.54 Å². The van der Waals surface area contributed by atoms with Gasteiger partial charge < -0.3 is 9.73 Å². The Kier molecular flexibility index (Phi) is 2.88. The fraction of sp³-hybridized carbons (Fsp3) is 0.556. The number of furan rings is 1. The molecule has 4 heteroatoms. The second-order valence-electron chi connectivity index (χ2n) is 3.25. The van der Waals surface area contributed by atoms with E-state index in [9.17, 15) is 0 Å². The minimum atomic E-state index is 0.526. The molecule has 1 aliphatic rings. The molecule has 1 aromatic rings. The van der Waals surface area contributed by atoms with Gasteiger partial charge in [-0.15, -0.1) is 0 Å². The number of nitrogens with one attached hydrogen (secondary N) is 1. The maximum absolute atomic E-state index is 5.85. The summed E-state index contributed by atoms with van der Waals surface area (Å²) in [6.07, 6.45) is 1.64. The Bertz CT molecular complexity index is 268. The Morgan fingerprint density at radius 1 is 1.46 bits per heavy atom. The SMILES string of the molecule is Clc1occc1CN1CCNCC1. The molecule has 0 aromatic carbocycles. The highest BCUT2D eigenvalue weighted by molar-refractivity contribution is 6.29. The normalized spacial score (nSPS) is 19.2. The molecule has 0 radical (unpaired) electrons. The minimum absolute atomic E-state index is 0.526. The largest absolute Gasteiger partial charge is 0.453 e.